The Kier molecular flexibility index (Phi) is 4.79. The average molecular weight is 293 g/mol. The van der Waals surface area contributed by atoms with Crippen LogP contribution in [0, 0.1) is 0 Å². The minimum atomic E-state index is -0.676. The SMILES string of the molecule is CC(Oc1ccc(Cl)cc1)C(=O)NN=Cc1ccco1. The first-order valence-corrected chi connectivity index (χ1v) is 6.31. The lowest BCUT2D eigenvalue weighted by atomic mass is 10.3. The standard InChI is InChI=1S/C14H13ClN2O3/c1-10(20-12-6-4-11(15)5-7-12)14(18)17-16-9-13-3-2-8-19-13/h2-10H,1H3,(H,17,18). The van der Waals surface area contributed by atoms with Crippen LogP contribution in [0.1, 0.15) is 12.7 Å². The van der Waals surface area contributed by atoms with Gasteiger partial charge < -0.3 is 9.15 Å². The van der Waals surface area contributed by atoms with Crippen molar-refractivity contribution >= 4 is 23.7 Å². The summed E-state index contributed by atoms with van der Waals surface area (Å²) in [5, 5.41) is 4.38. The number of hydrogen-bond donors (Lipinski definition) is 1. The quantitative estimate of drug-likeness (QED) is 0.681. The number of carbonyl (C=O) groups excluding carboxylic acids is 1. The molecule has 1 N–H and O–H groups in total. The van der Waals surface area contributed by atoms with Gasteiger partial charge >= 0.3 is 0 Å². The number of nitrogens with zero attached hydrogens (tertiary/aromatic N) is 1. The lowest BCUT2D eigenvalue weighted by Gasteiger charge is -2.12. The third kappa shape index (κ3) is 4.13. The van der Waals surface area contributed by atoms with E-state index < -0.39 is 6.10 Å². The molecule has 0 aliphatic rings. The van der Waals surface area contributed by atoms with Gasteiger partial charge in [-0.2, -0.15) is 5.10 Å². The van der Waals surface area contributed by atoms with Crippen LogP contribution in [0.15, 0.2) is 52.2 Å². The highest BCUT2D eigenvalue weighted by molar-refractivity contribution is 6.30. The van der Waals surface area contributed by atoms with Crippen molar-refractivity contribution in [2.24, 2.45) is 5.10 Å². The fourth-order valence-corrected chi connectivity index (χ4v) is 1.51. The van der Waals surface area contributed by atoms with E-state index in [0.29, 0.717) is 16.5 Å². The van der Waals surface area contributed by atoms with E-state index in [4.69, 9.17) is 20.8 Å². The molecular weight excluding hydrogens is 280 g/mol. The maximum absolute atomic E-state index is 11.7. The van der Waals surface area contributed by atoms with Crippen molar-refractivity contribution in [1.82, 2.24) is 5.43 Å². The molecule has 104 valence electrons. The number of furan rings is 1. The maximum Gasteiger partial charge on any atom is 0.280 e. The maximum atomic E-state index is 11.7. The molecule has 2 aromatic rings. The molecule has 0 saturated carbocycles. The molecule has 1 aromatic carbocycles. The Balaban J connectivity index is 1.84. The monoisotopic (exact) mass is 292 g/mol. The minimum Gasteiger partial charge on any atom is -0.481 e. The van der Waals surface area contributed by atoms with Crippen molar-refractivity contribution < 1.29 is 13.9 Å². The molecule has 1 unspecified atom stereocenters. The first-order valence-electron chi connectivity index (χ1n) is 5.94. The van der Waals surface area contributed by atoms with Gasteiger partial charge in [0.05, 0.1) is 12.5 Å². The molecule has 0 spiro atoms. The van der Waals surface area contributed by atoms with Gasteiger partial charge in [0.2, 0.25) is 0 Å². The number of nitrogens with one attached hydrogen (secondary N) is 1. The van der Waals surface area contributed by atoms with Gasteiger partial charge in [0.1, 0.15) is 11.5 Å². The predicted octanol–water partition coefficient (Wildman–Crippen LogP) is 2.85. The lowest BCUT2D eigenvalue weighted by Crippen LogP contribution is -2.33. The van der Waals surface area contributed by atoms with Gasteiger partial charge in [-0.05, 0) is 43.3 Å². The molecule has 0 bridgehead atoms. The van der Waals surface area contributed by atoms with E-state index in [2.05, 4.69) is 10.5 Å². The Morgan fingerprint density at radius 2 is 2.15 bits per heavy atom. The highest BCUT2D eigenvalue weighted by Gasteiger charge is 2.13. The molecule has 0 radical (unpaired) electrons. The Morgan fingerprint density at radius 1 is 1.40 bits per heavy atom. The number of carbonyl (C=O) groups is 1. The van der Waals surface area contributed by atoms with Crippen molar-refractivity contribution in [3.05, 3.63) is 53.4 Å². The summed E-state index contributed by atoms with van der Waals surface area (Å²) in [5.41, 5.74) is 2.37. The van der Waals surface area contributed by atoms with Crippen LogP contribution in [0.5, 0.6) is 5.75 Å². The van der Waals surface area contributed by atoms with E-state index in [1.54, 1.807) is 43.3 Å². The van der Waals surface area contributed by atoms with Crippen molar-refractivity contribution in [3.63, 3.8) is 0 Å². The highest BCUT2D eigenvalue weighted by Crippen LogP contribution is 2.16. The Labute approximate surface area is 121 Å². The van der Waals surface area contributed by atoms with Crippen LogP contribution >= 0.6 is 11.6 Å². The molecule has 0 aliphatic heterocycles. The zero-order valence-electron chi connectivity index (χ0n) is 10.7. The van der Waals surface area contributed by atoms with Crippen LogP contribution in [0.2, 0.25) is 5.02 Å². The third-order valence-corrected chi connectivity index (χ3v) is 2.66. The normalized spacial score (nSPS) is 12.3. The van der Waals surface area contributed by atoms with Gasteiger partial charge in [-0.3, -0.25) is 4.79 Å². The van der Waals surface area contributed by atoms with Crippen LogP contribution in [-0.4, -0.2) is 18.2 Å². The predicted molar refractivity (Wildman–Crippen MR) is 76.0 cm³/mol. The number of rotatable bonds is 5. The van der Waals surface area contributed by atoms with Crippen molar-refractivity contribution in [3.8, 4) is 5.75 Å². The van der Waals surface area contributed by atoms with Crippen molar-refractivity contribution in [2.45, 2.75) is 13.0 Å². The van der Waals surface area contributed by atoms with Crippen molar-refractivity contribution in [2.75, 3.05) is 0 Å². The van der Waals surface area contributed by atoms with E-state index in [1.165, 1.54) is 12.5 Å². The molecule has 0 aliphatic carbocycles. The Morgan fingerprint density at radius 3 is 2.80 bits per heavy atom. The molecule has 1 amide bonds. The fraction of sp³-hybridized carbons (Fsp3) is 0.143. The fourth-order valence-electron chi connectivity index (χ4n) is 1.39. The van der Waals surface area contributed by atoms with E-state index in [-0.39, 0.29) is 5.91 Å². The summed E-state index contributed by atoms with van der Waals surface area (Å²) in [6.45, 7) is 1.63. The Hall–Kier alpha value is -2.27. The van der Waals surface area contributed by atoms with Gasteiger partial charge in [-0.15, -0.1) is 0 Å². The first-order chi connectivity index (χ1) is 9.65. The number of benzene rings is 1. The van der Waals surface area contributed by atoms with Gasteiger partial charge in [-0.1, -0.05) is 11.6 Å². The second-order valence-electron chi connectivity index (χ2n) is 3.96. The largest absolute Gasteiger partial charge is 0.481 e. The summed E-state index contributed by atoms with van der Waals surface area (Å²) >= 11 is 5.77. The summed E-state index contributed by atoms with van der Waals surface area (Å²) in [6, 6.07) is 10.2. The lowest BCUT2D eigenvalue weighted by molar-refractivity contribution is -0.127. The second kappa shape index (κ2) is 6.77. The van der Waals surface area contributed by atoms with Crippen molar-refractivity contribution in [1.29, 1.82) is 0 Å². The summed E-state index contributed by atoms with van der Waals surface area (Å²) in [5.74, 6) is 0.756. The molecule has 20 heavy (non-hydrogen) atoms. The highest BCUT2D eigenvalue weighted by atomic mass is 35.5. The number of hydrazone groups is 1. The molecule has 1 heterocycles. The average Bonchev–Trinajstić information content (AvgIpc) is 2.94. The minimum absolute atomic E-state index is 0.359. The zero-order valence-corrected chi connectivity index (χ0v) is 11.5. The van der Waals surface area contributed by atoms with Crippen LogP contribution in [0.4, 0.5) is 0 Å². The van der Waals surface area contributed by atoms with E-state index in [0.717, 1.165) is 0 Å². The molecular formula is C14H13ClN2O3. The molecule has 6 heteroatoms. The van der Waals surface area contributed by atoms with Crippen LogP contribution < -0.4 is 10.2 Å². The molecule has 2 rings (SSSR count). The Bertz CT molecular complexity index is 579. The molecule has 1 atom stereocenters. The van der Waals surface area contributed by atoms with Gasteiger partial charge in [-0.25, -0.2) is 5.43 Å². The third-order valence-electron chi connectivity index (χ3n) is 2.41. The van der Waals surface area contributed by atoms with E-state index >= 15 is 0 Å². The number of hydrogen-bond acceptors (Lipinski definition) is 4. The van der Waals surface area contributed by atoms with Crippen LogP contribution in [0.25, 0.3) is 0 Å². The summed E-state index contributed by atoms with van der Waals surface area (Å²) in [7, 11) is 0. The van der Waals surface area contributed by atoms with E-state index in [9.17, 15) is 4.79 Å². The van der Waals surface area contributed by atoms with Gasteiger partial charge in [0.25, 0.3) is 5.91 Å². The molecule has 0 saturated heterocycles. The molecule has 1 aromatic heterocycles. The topological polar surface area (TPSA) is 63.8 Å². The first kappa shape index (κ1) is 14.1. The van der Waals surface area contributed by atoms with Gasteiger partial charge in [0.15, 0.2) is 6.10 Å². The molecule has 5 nitrogen and oxygen atoms in total. The second-order valence-corrected chi connectivity index (χ2v) is 4.40. The smallest absolute Gasteiger partial charge is 0.280 e. The number of ether oxygens (including phenoxy) is 1. The molecule has 0 fully saturated rings. The summed E-state index contributed by atoms with van der Waals surface area (Å²) in [6.07, 6.45) is 2.26. The summed E-state index contributed by atoms with van der Waals surface area (Å²) < 4.78 is 10.5. The number of halogens is 1. The van der Waals surface area contributed by atoms with E-state index in [1.807, 2.05) is 0 Å². The zero-order chi connectivity index (χ0) is 14.4. The van der Waals surface area contributed by atoms with Crippen LogP contribution in [-0.2, 0) is 4.79 Å². The van der Waals surface area contributed by atoms with Gasteiger partial charge in [0, 0.05) is 5.02 Å². The number of amides is 1. The van der Waals surface area contributed by atoms with Crippen LogP contribution in [0.3, 0.4) is 0 Å². The summed E-state index contributed by atoms with van der Waals surface area (Å²) in [4.78, 5) is 11.7.